The van der Waals surface area contributed by atoms with Crippen molar-refractivity contribution in [3.05, 3.63) is 40.4 Å². The van der Waals surface area contributed by atoms with Crippen molar-refractivity contribution in [2.75, 3.05) is 19.6 Å². The summed E-state index contributed by atoms with van der Waals surface area (Å²) >= 11 is 6.55. The Hall–Kier alpha value is -1.32. The Morgan fingerprint density at radius 1 is 1.20 bits per heavy atom. The summed E-state index contributed by atoms with van der Waals surface area (Å²) in [5.74, 6) is 0.393. The number of hydrogen-bond donors (Lipinski definition) is 0. The smallest absolute Gasteiger partial charge is 0.229 e. The fraction of sp³-hybridized carbons (Fsp3) is 0.571. The van der Waals surface area contributed by atoms with Crippen molar-refractivity contribution in [3.8, 4) is 0 Å². The molecule has 1 aliphatic carbocycles. The molecule has 0 aromatic heterocycles. The van der Waals surface area contributed by atoms with E-state index in [0.29, 0.717) is 11.9 Å². The molecule has 0 saturated carbocycles. The molecule has 1 amide bonds. The number of nitrogens with zero attached hydrogens (tertiary/aromatic N) is 2. The molecule has 0 N–H and O–H groups in total. The number of likely N-dealkylation sites (tertiary alicyclic amines) is 2. The number of halogens is 1. The molecule has 25 heavy (non-hydrogen) atoms. The molecule has 2 heterocycles. The highest BCUT2D eigenvalue weighted by Gasteiger charge is 2.31. The molecule has 1 aromatic carbocycles. The maximum Gasteiger partial charge on any atom is 0.229 e. The normalized spacial score (nSPS) is 26.6. The lowest BCUT2D eigenvalue weighted by Crippen LogP contribution is -2.35. The summed E-state index contributed by atoms with van der Waals surface area (Å²) in [6, 6.07) is 7.08. The summed E-state index contributed by atoms with van der Waals surface area (Å²) in [4.78, 5) is 16.9. The third-order valence-corrected chi connectivity index (χ3v) is 6.42. The molecule has 2 saturated heterocycles. The first-order chi connectivity index (χ1) is 12.1. The fourth-order valence-corrected chi connectivity index (χ4v) is 4.55. The van der Waals surface area contributed by atoms with Crippen LogP contribution in [-0.2, 0) is 11.3 Å². The Labute approximate surface area is 155 Å². The van der Waals surface area contributed by atoms with Crippen LogP contribution in [-0.4, -0.2) is 41.4 Å². The molecule has 2 atom stereocenters. The van der Waals surface area contributed by atoms with Gasteiger partial charge in [0, 0.05) is 30.7 Å². The lowest BCUT2D eigenvalue weighted by atomic mass is 9.81. The number of hydrogen-bond acceptors (Lipinski definition) is 2. The van der Waals surface area contributed by atoms with Crippen molar-refractivity contribution >= 4 is 23.1 Å². The van der Waals surface area contributed by atoms with Crippen LogP contribution in [0.15, 0.2) is 24.3 Å². The fourth-order valence-electron chi connectivity index (χ4n) is 4.31. The molecule has 0 spiro atoms. The highest BCUT2D eigenvalue weighted by atomic mass is 35.5. The average Bonchev–Trinajstić information content (AvgIpc) is 3.20. The van der Waals surface area contributed by atoms with Gasteiger partial charge in [-0.2, -0.15) is 0 Å². The van der Waals surface area contributed by atoms with E-state index in [1.165, 1.54) is 36.1 Å². The summed E-state index contributed by atoms with van der Waals surface area (Å²) in [6.45, 7) is 6.29. The molecule has 0 radical (unpaired) electrons. The Bertz CT molecular complexity index is 693. The van der Waals surface area contributed by atoms with Crippen LogP contribution in [0.25, 0.3) is 5.57 Å². The molecule has 1 unspecified atom stereocenters. The van der Waals surface area contributed by atoms with Gasteiger partial charge in [-0.25, -0.2) is 0 Å². The van der Waals surface area contributed by atoms with E-state index >= 15 is 0 Å². The predicted octanol–water partition coefficient (Wildman–Crippen LogP) is 4.35. The van der Waals surface area contributed by atoms with Gasteiger partial charge >= 0.3 is 0 Å². The standard InChI is InChI=1S/C21H27ClN2O/c1-15-5-4-10-24(15)14-17-7-6-16(13-20(17)22)18-11-19(12-18)21(25)23-8-2-3-9-23/h6-7,11,13,15,19H,2-5,8-10,12,14H2,1H3/t15-,19?/m1/s1. The van der Waals surface area contributed by atoms with E-state index in [1.807, 2.05) is 4.90 Å². The second kappa shape index (κ2) is 7.13. The predicted molar refractivity (Wildman–Crippen MR) is 102 cm³/mol. The van der Waals surface area contributed by atoms with Crippen LogP contribution in [0.3, 0.4) is 0 Å². The maximum atomic E-state index is 12.4. The summed E-state index contributed by atoms with van der Waals surface area (Å²) in [5, 5.41) is 0.854. The number of amides is 1. The summed E-state index contributed by atoms with van der Waals surface area (Å²) in [7, 11) is 0. The molecule has 2 fully saturated rings. The Kier molecular flexibility index (Phi) is 4.88. The van der Waals surface area contributed by atoms with E-state index in [0.717, 1.165) is 43.9 Å². The first-order valence-electron chi connectivity index (χ1n) is 9.64. The van der Waals surface area contributed by atoms with E-state index in [2.05, 4.69) is 36.1 Å². The molecule has 0 bridgehead atoms. The van der Waals surface area contributed by atoms with Crippen LogP contribution in [0, 0.1) is 5.92 Å². The Morgan fingerprint density at radius 2 is 1.96 bits per heavy atom. The highest BCUT2D eigenvalue weighted by molar-refractivity contribution is 6.31. The van der Waals surface area contributed by atoms with Gasteiger partial charge in [-0.3, -0.25) is 9.69 Å². The second-order valence-corrected chi connectivity index (χ2v) is 8.21. The zero-order valence-corrected chi connectivity index (χ0v) is 15.8. The molecule has 3 aliphatic rings. The second-order valence-electron chi connectivity index (χ2n) is 7.80. The quantitative estimate of drug-likeness (QED) is 0.798. The first-order valence-corrected chi connectivity index (χ1v) is 10.0. The molecule has 4 rings (SSSR count). The van der Waals surface area contributed by atoms with E-state index in [9.17, 15) is 4.79 Å². The van der Waals surface area contributed by atoms with Gasteiger partial charge in [0.15, 0.2) is 0 Å². The minimum Gasteiger partial charge on any atom is -0.342 e. The SMILES string of the molecule is C[C@@H]1CCCN1Cc1ccc(C2=CC(C(=O)N3CCCC3)C2)cc1Cl. The van der Waals surface area contributed by atoms with Crippen molar-refractivity contribution in [1.82, 2.24) is 9.80 Å². The molecule has 3 nitrogen and oxygen atoms in total. The third kappa shape index (κ3) is 3.50. The molecule has 1 aromatic rings. The van der Waals surface area contributed by atoms with Crippen molar-refractivity contribution in [1.29, 1.82) is 0 Å². The minimum atomic E-state index is 0.0806. The zero-order valence-electron chi connectivity index (χ0n) is 15.0. The van der Waals surface area contributed by atoms with Crippen LogP contribution >= 0.6 is 11.6 Å². The lowest BCUT2D eigenvalue weighted by molar-refractivity contribution is -0.133. The maximum absolute atomic E-state index is 12.4. The number of carbonyl (C=O) groups is 1. The Balaban J connectivity index is 1.41. The van der Waals surface area contributed by atoms with Crippen molar-refractivity contribution < 1.29 is 4.79 Å². The van der Waals surface area contributed by atoms with Crippen LogP contribution in [0.1, 0.15) is 50.2 Å². The lowest BCUT2D eigenvalue weighted by Gasteiger charge is -2.29. The van der Waals surface area contributed by atoms with Crippen molar-refractivity contribution in [3.63, 3.8) is 0 Å². The van der Waals surface area contributed by atoms with Crippen LogP contribution in [0.2, 0.25) is 5.02 Å². The van der Waals surface area contributed by atoms with Crippen LogP contribution in [0.5, 0.6) is 0 Å². The van der Waals surface area contributed by atoms with E-state index < -0.39 is 0 Å². The van der Waals surface area contributed by atoms with Crippen LogP contribution in [0.4, 0.5) is 0 Å². The van der Waals surface area contributed by atoms with Gasteiger partial charge in [0.1, 0.15) is 0 Å². The van der Waals surface area contributed by atoms with Crippen LogP contribution < -0.4 is 0 Å². The third-order valence-electron chi connectivity index (χ3n) is 6.06. The molecular weight excluding hydrogens is 332 g/mol. The van der Waals surface area contributed by atoms with Gasteiger partial charge in [-0.1, -0.05) is 29.8 Å². The number of rotatable bonds is 4. The highest BCUT2D eigenvalue weighted by Crippen LogP contribution is 2.37. The summed E-state index contributed by atoms with van der Waals surface area (Å²) in [5.41, 5.74) is 3.65. The monoisotopic (exact) mass is 358 g/mol. The first kappa shape index (κ1) is 17.1. The zero-order chi connectivity index (χ0) is 17.4. The average molecular weight is 359 g/mol. The van der Waals surface area contributed by atoms with Crippen molar-refractivity contribution in [2.24, 2.45) is 5.92 Å². The largest absolute Gasteiger partial charge is 0.342 e. The van der Waals surface area contributed by atoms with Crippen molar-refractivity contribution in [2.45, 2.75) is 51.6 Å². The number of carbonyl (C=O) groups excluding carboxylic acids is 1. The van der Waals surface area contributed by atoms with Gasteiger partial charge in [0.25, 0.3) is 0 Å². The summed E-state index contributed by atoms with van der Waals surface area (Å²) in [6.07, 6.45) is 7.87. The van der Waals surface area contributed by atoms with Gasteiger partial charge < -0.3 is 4.90 Å². The topological polar surface area (TPSA) is 23.6 Å². The summed E-state index contributed by atoms with van der Waals surface area (Å²) < 4.78 is 0. The molecule has 4 heteroatoms. The van der Waals surface area contributed by atoms with Gasteiger partial charge in [-0.05, 0) is 68.3 Å². The van der Waals surface area contributed by atoms with E-state index in [1.54, 1.807) is 0 Å². The number of allylic oxidation sites excluding steroid dienone is 1. The minimum absolute atomic E-state index is 0.0806. The molecular formula is C21H27ClN2O. The van der Waals surface area contributed by atoms with E-state index in [-0.39, 0.29) is 5.92 Å². The van der Waals surface area contributed by atoms with Gasteiger partial charge in [-0.15, -0.1) is 0 Å². The Morgan fingerprint density at radius 3 is 2.60 bits per heavy atom. The number of benzene rings is 1. The molecule has 134 valence electrons. The van der Waals surface area contributed by atoms with Gasteiger partial charge in [0.2, 0.25) is 5.91 Å². The van der Waals surface area contributed by atoms with Gasteiger partial charge in [0.05, 0.1) is 5.92 Å². The van der Waals surface area contributed by atoms with E-state index in [4.69, 9.17) is 11.6 Å². The molecule has 2 aliphatic heterocycles.